The van der Waals surface area contributed by atoms with E-state index >= 15 is 0 Å². The van der Waals surface area contributed by atoms with Crippen LogP contribution in [0, 0.1) is 0 Å². The Hall–Kier alpha value is -1.11. The van der Waals surface area contributed by atoms with Crippen LogP contribution >= 0.6 is 0 Å². The molecule has 0 amide bonds. The van der Waals surface area contributed by atoms with E-state index in [9.17, 15) is 13.5 Å². The minimum Gasteiger partial charge on any atom is -0.399 e. The molecule has 0 heterocycles. The molecule has 0 aliphatic heterocycles. The monoisotopic (exact) mass is 286 g/mol. The minimum atomic E-state index is -3.51. The smallest absolute Gasteiger partial charge is 0.216 e. The van der Waals surface area contributed by atoms with E-state index in [0.717, 1.165) is 0 Å². The third-order valence-electron chi connectivity index (χ3n) is 3.34. The van der Waals surface area contributed by atoms with Crippen molar-refractivity contribution >= 4 is 15.7 Å². The summed E-state index contributed by atoms with van der Waals surface area (Å²) in [5, 5.41) is 9.40. The predicted octanol–water partition coefficient (Wildman–Crippen LogP) is 1.24. The molecule has 6 heteroatoms. The summed E-state index contributed by atoms with van der Waals surface area (Å²) in [5.41, 5.74) is 6.01. The number of hydrogen-bond acceptors (Lipinski definition) is 4. The first-order chi connectivity index (χ1) is 8.86. The Morgan fingerprint density at radius 2 is 1.95 bits per heavy atom. The molecule has 0 unspecified atom stereocenters. The molecule has 0 bridgehead atoms. The summed E-state index contributed by atoms with van der Waals surface area (Å²) in [6.07, 6.45) is 1.08. The Morgan fingerprint density at radius 3 is 2.42 bits per heavy atom. The Balaban J connectivity index is 2.87. The summed E-state index contributed by atoms with van der Waals surface area (Å²) in [5.74, 6) is -0.139. The van der Waals surface area contributed by atoms with Gasteiger partial charge in [-0.15, -0.1) is 0 Å². The van der Waals surface area contributed by atoms with Crippen molar-refractivity contribution in [1.82, 2.24) is 4.72 Å². The van der Waals surface area contributed by atoms with Gasteiger partial charge in [-0.1, -0.05) is 26.0 Å². The summed E-state index contributed by atoms with van der Waals surface area (Å²) >= 11 is 0. The molecule has 0 aliphatic carbocycles. The van der Waals surface area contributed by atoms with Gasteiger partial charge in [0.05, 0.1) is 17.9 Å². The molecule has 0 saturated carbocycles. The third kappa shape index (κ3) is 4.49. The van der Waals surface area contributed by atoms with Crippen molar-refractivity contribution in [2.24, 2.45) is 0 Å². The van der Waals surface area contributed by atoms with E-state index in [-0.39, 0.29) is 12.4 Å². The van der Waals surface area contributed by atoms with Crippen LogP contribution in [0.1, 0.15) is 32.3 Å². The van der Waals surface area contributed by atoms with E-state index in [1.165, 1.54) is 0 Å². The van der Waals surface area contributed by atoms with Gasteiger partial charge < -0.3 is 10.8 Å². The van der Waals surface area contributed by atoms with Crippen LogP contribution in [0.4, 0.5) is 5.69 Å². The Morgan fingerprint density at radius 1 is 1.32 bits per heavy atom. The Bertz CT molecular complexity index is 502. The van der Waals surface area contributed by atoms with Gasteiger partial charge in [-0.2, -0.15) is 0 Å². The second-order valence-electron chi connectivity index (χ2n) is 4.75. The summed E-state index contributed by atoms with van der Waals surface area (Å²) < 4.78 is 26.9. The molecule has 0 aliphatic rings. The quantitative estimate of drug-likeness (QED) is 0.657. The van der Waals surface area contributed by atoms with Gasteiger partial charge in [0, 0.05) is 5.69 Å². The highest BCUT2D eigenvalue weighted by Gasteiger charge is 2.30. The van der Waals surface area contributed by atoms with Gasteiger partial charge in [-0.05, 0) is 30.5 Å². The predicted molar refractivity (Wildman–Crippen MR) is 77.0 cm³/mol. The van der Waals surface area contributed by atoms with Crippen LogP contribution in [0.5, 0.6) is 0 Å². The second-order valence-corrected chi connectivity index (χ2v) is 6.47. The van der Waals surface area contributed by atoms with E-state index in [1.54, 1.807) is 24.3 Å². The fourth-order valence-electron chi connectivity index (χ4n) is 1.92. The largest absolute Gasteiger partial charge is 0.399 e. The molecule has 1 rings (SSSR count). The van der Waals surface area contributed by atoms with Crippen molar-refractivity contribution in [3.63, 3.8) is 0 Å². The molecule has 19 heavy (non-hydrogen) atoms. The van der Waals surface area contributed by atoms with Gasteiger partial charge in [-0.3, -0.25) is 0 Å². The van der Waals surface area contributed by atoms with E-state index in [0.29, 0.717) is 24.1 Å². The van der Waals surface area contributed by atoms with Crippen molar-refractivity contribution in [2.75, 3.05) is 12.3 Å². The van der Waals surface area contributed by atoms with Gasteiger partial charge in [0.1, 0.15) is 0 Å². The third-order valence-corrected chi connectivity index (χ3v) is 4.79. The first kappa shape index (κ1) is 15.9. The van der Waals surface area contributed by atoms with Gasteiger partial charge in [0.2, 0.25) is 10.0 Å². The van der Waals surface area contributed by atoms with Crippen LogP contribution in [0.25, 0.3) is 0 Å². The maximum atomic E-state index is 12.1. The zero-order valence-electron chi connectivity index (χ0n) is 11.4. The Kier molecular flexibility index (Phi) is 5.34. The van der Waals surface area contributed by atoms with Crippen LogP contribution < -0.4 is 10.5 Å². The number of aliphatic hydroxyl groups is 1. The van der Waals surface area contributed by atoms with Crippen LogP contribution in [-0.4, -0.2) is 25.7 Å². The normalized spacial score (nSPS) is 12.6. The molecule has 1 aromatic carbocycles. The number of rotatable bonds is 7. The summed E-state index contributed by atoms with van der Waals surface area (Å²) in [7, 11) is -3.51. The molecule has 108 valence electrons. The highest BCUT2D eigenvalue weighted by atomic mass is 32.2. The van der Waals surface area contributed by atoms with Crippen molar-refractivity contribution < 1.29 is 13.5 Å². The molecule has 0 radical (unpaired) electrons. The maximum Gasteiger partial charge on any atom is 0.216 e. The molecule has 0 fully saturated rings. The lowest BCUT2D eigenvalue weighted by atomic mass is 9.96. The number of benzene rings is 1. The topological polar surface area (TPSA) is 92.4 Å². The summed E-state index contributed by atoms with van der Waals surface area (Å²) in [6.45, 7) is 3.49. The molecule has 0 spiro atoms. The first-order valence-corrected chi connectivity index (χ1v) is 7.98. The van der Waals surface area contributed by atoms with E-state index < -0.39 is 15.6 Å². The van der Waals surface area contributed by atoms with Gasteiger partial charge >= 0.3 is 0 Å². The van der Waals surface area contributed by atoms with Crippen molar-refractivity contribution in [3.05, 3.63) is 29.8 Å². The highest BCUT2D eigenvalue weighted by molar-refractivity contribution is 7.88. The minimum absolute atomic E-state index is 0.139. The van der Waals surface area contributed by atoms with E-state index in [2.05, 4.69) is 4.72 Å². The van der Waals surface area contributed by atoms with Crippen molar-refractivity contribution in [3.8, 4) is 0 Å². The average Bonchev–Trinajstić information content (AvgIpc) is 2.35. The lowest BCUT2D eigenvalue weighted by Gasteiger charge is -2.30. The molecule has 5 nitrogen and oxygen atoms in total. The van der Waals surface area contributed by atoms with Crippen LogP contribution in [-0.2, 0) is 15.8 Å². The van der Waals surface area contributed by atoms with Gasteiger partial charge in [-0.25, -0.2) is 13.1 Å². The van der Waals surface area contributed by atoms with Crippen molar-refractivity contribution in [2.45, 2.75) is 38.0 Å². The second kappa shape index (κ2) is 6.36. The zero-order valence-corrected chi connectivity index (χ0v) is 12.2. The van der Waals surface area contributed by atoms with E-state index in [4.69, 9.17) is 5.73 Å². The molecular formula is C13H22N2O3S. The molecule has 0 atom stereocenters. The molecule has 0 aromatic heterocycles. The van der Waals surface area contributed by atoms with Gasteiger partial charge in [0.25, 0.3) is 0 Å². The maximum absolute atomic E-state index is 12.1. The van der Waals surface area contributed by atoms with Crippen LogP contribution in [0.3, 0.4) is 0 Å². The lowest BCUT2D eigenvalue weighted by Crippen LogP contribution is -2.50. The molecule has 1 aromatic rings. The van der Waals surface area contributed by atoms with Gasteiger partial charge in [0.15, 0.2) is 0 Å². The number of nitrogens with one attached hydrogen (secondary N) is 1. The number of sulfonamides is 1. The fourth-order valence-corrected chi connectivity index (χ4v) is 3.62. The fraction of sp³-hybridized carbons (Fsp3) is 0.538. The zero-order chi connectivity index (χ0) is 14.5. The summed E-state index contributed by atoms with van der Waals surface area (Å²) in [4.78, 5) is 0. The Labute approximate surface area is 114 Å². The number of nitrogen functional groups attached to an aromatic ring is 1. The summed E-state index contributed by atoms with van der Waals surface area (Å²) in [6, 6.07) is 6.78. The number of anilines is 1. The SMILES string of the molecule is CCC(CC)(CO)NS(=O)(=O)Cc1cccc(N)c1. The highest BCUT2D eigenvalue weighted by Crippen LogP contribution is 2.18. The van der Waals surface area contributed by atoms with Crippen LogP contribution in [0.15, 0.2) is 24.3 Å². The lowest BCUT2D eigenvalue weighted by molar-refractivity contribution is 0.172. The number of aliphatic hydroxyl groups excluding tert-OH is 1. The number of nitrogens with two attached hydrogens (primary N) is 1. The van der Waals surface area contributed by atoms with E-state index in [1.807, 2.05) is 13.8 Å². The van der Waals surface area contributed by atoms with Crippen LogP contribution in [0.2, 0.25) is 0 Å². The molecule has 4 N–H and O–H groups in total. The number of hydrogen-bond donors (Lipinski definition) is 3. The first-order valence-electron chi connectivity index (χ1n) is 6.33. The molecular weight excluding hydrogens is 264 g/mol. The molecule has 0 saturated heterocycles. The average molecular weight is 286 g/mol. The standard InChI is InChI=1S/C13H22N2O3S/c1-3-13(4-2,10-16)15-19(17,18)9-11-6-5-7-12(14)8-11/h5-8,15-16H,3-4,9-10,14H2,1-2H3. The van der Waals surface area contributed by atoms with Crippen molar-refractivity contribution in [1.29, 1.82) is 0 Å².